The van der Waals surface area contributed by atoms with Crippen molar-refractivity contribution in [1.29, 1.82) is 0 Å². The predicted molar refractivity (Wildman–Crippen MR) is 101 cm³/mol. The van der Waals surface area contributed by atoms with Gasteiger partial charge >= 0.3 is 5.97 Å². The predicted octanol–water partition coefficient (Wildman–Crippen LogP) is 2.60. The van der Waals surface area contributed by atoms with E-state index in [-0.39, 0.29) is 10.7 Å². The second kappa shape index (κ2) is 8.84. The molecule has 1 aromatic rings. The highest BCUT2D eigenvalue weighted by molar-refractivity contribution is 8.17. The molecule has 2 fully saturated rings. The largest absolute Gasteiger partial charge is 0.497 e. The lowest BCUT2D eigenvalue weighted by Gasteiger charge is -2.40. The van der Waals surface area contributed by atoms with Crippen molar-refractivity contribution in [2.24, 2.45) is 0 Å². The average Bonchev–Trinajstić information content (AvgIpc) is 2.95. The number of hydrogen-bond acceptors (Lipinski definition) is 8. The van der Waals surface area contributed by atoms with Gasteiger partial charge in [0.25, 0.3) is 0 Å². The number of rotatable bonds is 7. The fourth-order valence-electron chi connectivity index (χ4n) is 3.09. The molecule has 0 bridgehead atoms. The highest BCUT2D eigenvalue weighted by atomic mass is 32.2. The molecule has 0 radical (unpaired) electrons. The summed E-state index contributed by atoms with van der Waals surface area (Å²) >= 11 is 3.50. The zero-order valence-corrected chi connectivity index (χ0v) is 16.6. The molecule has 2 aliphatic rings. The number of benzene rings is 1. The Kier molecular flexibility index (Phi) is 6.74. The molecule has 1 aromatic carbocycles. The van der Waals surface area contributed by atoms with Gasteiger partial charge in [-0.1, -0.05) is 26.0 Å². The van der Waals surface area contributed by atoms with Gasteiger partial charge in [-0.2, -0.15) is 0 Å². The van der Waals surface area contributed by atoms with Gasteiger partial charge in [-0.3, -0.25) is 0 Å². The van der Waals surface area contributed by atoms with Gasteiger partial charge in [0.2, 0.25) is 0 Å². The third-order valence-electron chi connectivity index (χ3n) is 4.33. The third-order valence-corrected chi connectivity index (χ3v) is 7.01. The van der Waals surface area contributed by atoms with E-state index in [4.69, 9.17) is 18.9 Å². The number of hydrogen-bond donors (Lipinski definition) is 1. The van der Waals surface area contributed by atoms with Crippen LogP contribution < -0.4 is 4.74 Å². The quantitative estimate of drug-likeness (QED) is 0.553. The molecule has 0 amide bonds. The minimum absolute atomic E-state index is 0.0836. The lowest BCUT2D eigenvalue weighted by molar-refractivity contribution is -0.279. The number of aliphatic hydroxyl groups excluding tert-OH is 1. The van der Waals surface area contributed by atoms with Crippen molar-refractivity contribution in [3.05, 3.63) is 29.8 Å². The maximum atomic E-state index is 11.9. The van der Waals surface area contributed by atoms with Crippen LogP contribution in [-0.4, -0.2) is 58.7 Å². The summed E-state index contributed by atoms with van der Waals surface area (Å²) in [6.07, 6.45) is -3.66. The van der Waals surface area contributed by atoms with Crippen LogP contribution in [0.15, 0.2) is 24.3 Å². The Morgan fingerprint density at radius 1 is 1.12 bits per heavy atom. The normalized spacial score (nSPS) is 31.0. The van der Waals surface area contributed by atoms with Crippen LogP contribution >= 0.6 is 23.5 Å². The summed E-state index contributed by atoms with van der Waals surface area (Å²) in [6.45, 7) is 4.17. The summed E-state index contributed by atoms with van der Waals surface area (Å²) in [5.74, 6) is 1.92. The molecule has 0 aromatic heterocycles. The number of fused-ring (bicyclic) bond motifs is 1. The molecule has 6 nitrogen and oxygen atoms in total. The van der Waals surface area contributed by atoms with Gasteiger partial charge in [0.15, 0.2) is 18.5 Å². The first kappa shape index (κ1) is 19.8. The first-order valence-electron chi connectivity index (χ1n) is 8.65. The fraction of sp³-hybridized carbons (Fsp3) is 0.611. The van der Waals surface area contributed by atoms with Crippen molar-refractivity contribution in [3.63, 3.8) is 0 Å². The molecule has 1 N–H and O–H groups in total. The van der Waals surface area contributed by atoms with Gasteiger partial charge in [0, 0.05) is 5.56 Å². The van der Waals surface area contributed by atoms with Crippen molar-refractivity contribution in [2.75, 3.05) is 18.6 Å². The highest BCUT2D eigenvalue weighted by Crippen LogP contribution is 2.42. The maximum Gasteiger partial charge on any atom is 0.338 e. The van der Waals surface area contributed by atoms with E-state index in [1.54, 1.807) is 30.6 Å². The monoisotopic (exact) mass is 400 g/mol. The van der Waals surface area contributed by atoms with Gasteiger partial charge in [0.05, 0.1) is 11.7 Å². The fourth-order valence-corrected chi connectivity index (χ4v) is 5.76. The summed E-state index contributed by atoms with van der Waals surface area (Å²) in [5, 5.41) is 10.2. The number of ether oxygens (including phenoxy) is 4. The molecule has 5 atom stereocenters. The topological polar surface area (TPSA) is 74.2 Å². The first-order chi connectivity index (χ1) is 12.6. The highest BCUT2D eigenvalue weighted by Gasteiger charge is 2.55. The molecule has 0 spiro atoms. The molecule has 2 heterocycles. The lowest BCUT2D eigenvalue weighted by atomic mass is 10.0. The van der Waals surface area contributed by atoms with Crippen molar-refractivity contribution in [3.8, 4) is 5.75 Å². The number of carbonyl (C=O) groups is 1. The first-order valence-corrected chi connectivity index (χ1v) is 10.7. The second-order valence-electron chi connectivity index (χ2n) is 5.93. The van der Waals surface area contributed by atoms with E-state index < -0.39 is 30.6 Å². The summed E-state index contributed by atoms with van der Waals surface area (Å²) in [6, 6.07) is 7.38. The Morgan fingerprint density at radius 2 is 1.77 bits per heavy atom. The van der Waals surface area contributed by atoms with Gasteiger partial charge in [-0.05, 0) is 23.6 Å². The smallest absolute Gasteiger partial charge is 0.338 e. The maximum absolute atomic E-state index is 11.9. The Bertz CT molecular complexity index is 604. The zero-order valence-electron chi connectivity index (χ0n) is 15.0. The number of methoxy groups -OCH3 is 1. The van der Waals surface area contributed by atoms with Crippen LogP contribution in [0.25, 0.3) is 0 Å². The average molecular weight is 401 g/mol. The van der Waals surface area contributed by atoms with Crippen LogP contribution in [0.2, 0.25) is 0 Å². The van der Waals surface area contributed by atoms with Crippen LogP contribution in [0, 0.1) is 0 Å². The second-order valence-corrected chi connectivity index (χ2v) is 9.07. The summed E-state index contributed by atoms with van der Waals surface area (Å²) in [7, 11) is 1.61. The van der Waals surface area contributed by atoms with E-state index in [0.717, 1.165) is 22.8 Å². The minimum Gasteiger partial charge on any atom is -0.497 e. The van der Waals surface area contributed by atoms with Crippen molar-refractivity contribution in [1.82, 2.24) is 0 Å². The van der Waals surface area contributed by atoms with Gasteiger partial charge in [0.1, 0.15) is 18.0 Å². The number of aliphatic hydroxyl groups is 1. The molecule has 3 rings (SSSR count). The van der Waals surface area contributed by atoms with Crippen LogP contribution in [0.1, 0.15) is 25.7 Å². The SMILES string of the molecule is CCSC(SCC)[C@@H]1OC(c2ccc(OC)cc2)O[C@H]2[C@@H]1OC(=O)[C@@H]2O. The third kappa shape index (κ3) is 3.99. The number of carbonyl (C=O) groups excluding carboxylic acids is 1. The minimum atomic E-state index is -1.29. The summed E-state index contributed by atoms with van der Waals surface area (Å²) in [5.41, 5.74) is 0.808. The van der Waals surface area contributed by atoms with E-state index in [9.17, 15) is 9.90 Å². The number of esters is 1. The summed E-state index contributed by atoms with van der Waals surface area (Å²) < 4.78 is 22.8. The summed E-state index contributed by atoms with van der Waals surface area (Å²) in [4.78, 5) is 11.9. The molecule has 0 saturated carbocycles. The van der Waals surface area contributed by atoms with Gasteiger partial charge < -0.3 is 24.1 Å². The van der Waals surface area contributed by atoms with Gasteiger partial charge in [-0.25, -0.2) is 4.79 Å². The molecular weight excluding hydrogens is 376 g/mol. The molecule has 2 aliphatic heterocycles. The zero-order chi connectivity index (χ0) is 18.7. The Labute approximate surface area is 161 Å². The standard InChI is InChI=1S/C18H24O6S2/c1-4-25-18(26-5-2)15-14-13(12(19)16(20)22-14)23-17(24-15)10-6-8-11(21-3)9-7-10/h6-9,12-15,17-19H,4-5H2,1-3H3/t12-,13-,14+,15-,17?/m1/s1. The molecule has 1 unspecified atom stereocenters. The lowest BCUT2D eigenvalue weighted by Crippen LogP contribution is -2.51. The van der Waals surface area contributed by atoms with E-state index in [1.807, 2.05) is 24.3 Å². The Hall–Kier alpha value is -0.930. The molecule has 26 heavy (non-hydrogen) atoms. The molecule has 2 saturated heterocycles. The Morgan fingerprint density at radius 3 is 2.35 bits per heavy atom. The Balaban J connectivity index is 1.87. The van der Waals surface area contributed by atoms with Crippen LogP contribution in [0.4, 0.5) is 0 Å². The van der Waals surface area contributed by atoms with Crippen LogP contribution in [-0.2, 0) is 19.0 Å². The van der Waals surface area contributed by atoms with Crippen molar-refractivity contribution in [2.45, 2.75) is 49.1 Å². The number of thioether (sulfide) groups is 2. The van der Waals surface area contributed by atoms with E-state index in [1.165, 1.54) is 0 Å². The van der Waals surface area contributed by atoms with Crippen LogP contribution in [0.5, 0.6) is 5.75 Å². The van der Waals surface area contributed by atoms with E-state index in [0.29, 0.717) is 0 Å². The van der Waals surface area contributed by atoms with E-state index >= 15 is 0 Å². The van der Waals surface area contributed by atoms with Crippen molar-refractivity contribution < 1.29 is 28.8 Å². The molecular formula is C18H24O6S2. The molecule has 0 aliphatic carbocycles. The van der Waals surface area contributed by atoms with Crippen LogP contribution in [0.3, 0.4) is 0 Å². The van der Waals surface area contributed by atoms with Gasteiger partial charge in [-0.15, -0.1) is 23.5 Å². The molecule has 144 valence electrons. The van der Waals surface area contributed by atoms with Crippen molar-refractivity contribution >= 4 is 29.5 Å². The van der Waals surface area contributed by atoms with E-state index in [2.05, 4.69) is 13.8 Å². The molecule has 8 heteroatoms.